The van der Waals surface area contributed by atoms with E-state index >= 15 is 0 Å². The Kier molecular flexibility index (Phi) is 5.47. The Morgan fingerprint density at radius 2 is 1.83 bits per heavy atom. The maximum atomic E-state index is 12.4. The number of carbonyl (C=O) groups is 2. The van der Waals surface area contributed by atoms with Crippen LogP contribution < -0.4 is 5.32 Å². The fraction of sp³-hybridized carbons (Fsp3) is 0.889. The summed E-state index contributed by atoms with van der Waals surface area (Å²) in [5.74, 6) is 0.534. The number of carboxylic acid groups (broad SMARTS) is 1. The number of urea groups is 1. The highest BCUT2D eigenvalue weighted by Gasteiger charge is 2.42. The molecule has 0 radical (unpaired) electrons. The third-order valence-corrected chi connectivity index (χ3v) is 5.67. The van der Waals surface area contributed by atoms with Crippen LogP contribution in [0.3, 0.4) is 0 Å². The Morgan fingerprint density at radius 1 is 1.25 bits per heavy atom. The Hall–Kier alpha value is -1.30. The highest BCUT2D eigenvalue weighted by Crippen LogP contribution is 2.30. The number of nitrogens with zero attached hydrogens (tertiary/aromatic N) is 2. The Labute approximate surface area is 145 Å². The van der Waals surface area contributed by atoms with E-state index in [0.29, 0.717) is 31.3 Å². The predicted octanol–water partition coefficient (Wildman–Crippen LogP) is 2.25. The third-order valence-electron chi connectivity index (χ3n) is 5.67. The summed E-state index contributed by atoms with van der Waals surface area (Å²) in [6.07, 6.45) is 1.78. The maximum absolute atomic E-state index is 12.4. The van der Waals surface area contributed by atoms with Crippen molar-refractivity contribution in [3.63, 3.8) is 0 Å². The van der Waals surface area contributed by atoms with Gasteiger partial charge in [0.15, 0.2) is 0 Å². The van der Waals surface area contributed by atoms with Gasteiger partial charge in [0.05, 0.1) is 5.41 Å². The third kappa shape index (κ3) is 4.21. The average molecular weight is 339 g/mol. The number of amides is 2. The summed E-state index contributed by atoms with van der Waals surface area (Å²) in [6, 6.07) is -0.147. The zero-order valence-electron chi connectivity index (χ0n) is 15.8. The van der Waals surface area contributed by atoms with Gasteiger partial charge >= 0.3 is 12.0 Å². The first-order valence-electron chi connectivity index (χ1n) is 9.05. The second-order valence-corrected chi connectivity index (χ2v) is 8.86. The molecule has 2 heterocycles. The smallest absolute Gasteiger partial charge is 0.317 e. The van der Waals surface area contributed by atoms with Crippen LogP contribution in [0.5, 0.6) is 0 Å². The van der Waals surface area contributed by atoms with Gasteiger partial charge < -0.3 is 15.3 Å². The molecule has 138 valence electrons. The van der Waals surface area contributed by atoms with Gasteiger partial charge in [0.25, 0.3) is 0 Å². The van der Waals surface area contributed by atoms with Gasteiger partial charge in [-0.2, -0.15) is 0 Å². The summed E-state index contributed by atoms with van der Waals surface area (Å²) >= 11 is 0. The Morgan fingerprint density at radius 3 is 2.33 bits per heavy atom. The molecule has 0 saturated carbocycles. The lowest BCUT2D eigenvalue weighted by molar-refractivity contribution is -0.147. The first kappa shape index (κ1) is 19.0. The lowest BCUT2D eigenvalue weighted by atomic mass is 9.88. The van der Waals surface area contributed by atoms with Gasteiger partial charge in [-0.15, -0.1) is 0 Å². The summed E-state index contributed by atoms with van der Waals surface area (Å²) in [4.78, 5) is 27.8. The molecule has 6 nitrogen and oxygen atoms in total. The van der Waals surface area contributed by atoms with E-state index in [1.165, 1.54) is 6.42 Å². The van der Waals surface area contributed by atoms with Gasteiger partial charge in [0.2, 0.25) is 0 Å². The average Bonchev–Trinajstić information content (AvgIpc) is 2.88. The molecule has 2 aliphatic heterocycles. The van der Waals surface area contributed by atoms with Crippen molar-refractivity contribution in [1.82, 2.24) is 15.1 Å². The monoisotopic (exact) mass is 339 g/mol. The zero-order chi connectivity index (χ0) is 18.1. The number of hydrogen-bond donors (Lipinski definition) is 2. The number of piperidine rings is 1. The summed E-state index contributed by atoms with van der Waals surface area (Å²) in [5.41, 5.74) is -0.918. The van der Waals surface area contributed by atoms with Gasteiger partial charge in [0, 0.05) is 38.3 Å². The second kappa shape index (κ2) is 6.90. The molecule has 2 fully saturated rings. The van der Waals surface area contributed by atoms with E-state index in [1.807, 2.05) is 0 Å². The number of nitrogens with one attached hydrogen (secondary N) is 1. The minimum Gasteiger partial charge on any atom is -0.481 e. The number of rotatable bonds is 4. The van der Waals surface area contributed by atoms with Gasteiger partial charge in [-0.1, -0.05) is 13.8 Å². The number of hydrogen-bond acceptors (Lipinski definition) is 3. The minimum atomic E-state index is -0.825. The van der Waals surface area contributed by atoms with Crippen molar-refractivity contribution in [2.24, 2.45) is 17.3 Å². The fourth-order valence-electron chi connectivity index (χ4n) is 3.98. The molecular weight excluding hydrogens is 306 g/mol. The molecular formula is C18H33N3O3. The fourth-order valence-corrected chi connectivity index (χ4v) is 3.98. The van der Waals surface area contributed by atoms with Crippen LogP contribution in [0.2, 0.25) is 0 Å². The van der Waals surface area contributed by atoms with Gasteiger partial charge in [-0.25, -0.2) is 4.79 Å². The normalized spacial score (nSPS) is 32.0. The molecule has 2 N–H and O–H groups in total. The molecule has 2 saturated heterocycles. The molecule has 0 aromatic rings. The zero-order valence-corrected chi connectivity index (χ0v) is 15.8. The summed E-state index contributed by atoms with van der Waals surface area (Å²) in [5, 5.41) is 12.3. The van der Waals surface area contributed by atoms with E-state index in [1.54, 1.807) is 11.8 Å². The van der Waals surface area contributed by atoms with Crippen LogP contribution >= 0.6 is 0 Å². The highest BCUT2D eigenvalue weighted by molar-refractivity contribution is 5.79. The topological polar surface area (TPSA) is 72.9 Å². The lowest BCUT2D eigenvalue weighted by Gasteiger charge is -2.45. The molecule has 3 unspecified atom stereocenters. The van der Waals surface area contributed by atoms with Crippen molar-refractivity contribution in [3.05, 3.63) is 0 Å². The molecule has 24 heavy (non-hydrogen) atoms. The number of likely N-dealkylation sites (tertiary alicyclic amines) is 2. The molecule has 0 aromatic heterocycles. The van der Waals surface area contributed by atoms with E-state index in [0.717, 1.165) is 13.1 Å². The SMILES string of the molecule is CC1CC(C)CN(C(C)(C)CNC(=O)N2CCC(C)(C(=O)O)C2)C1. The molecule has 0 bridgehead atoms. The molecule has 2 aliphatic rings. The molecule has 0 aliphatic carbocycles. The summed E-state index contributed by atoms with van der Waals surface area (Å²) < 4.78 is 0. The van der Waals surface area contributed by atoms with Crippen LogP contribution in [-0.4, -0.2) is 65.2 Å². The van der Waals surface area contributed by atoms with E-state index in [4.69, 9.17) is 0 Å². The standard InChI is InChI=1S/C18H33N3O3/c1-13-8-14(2)10-21(9-13)17(3,4)11-19-16(24)20-7-6-18(5,12-20)15(22)23/h13-14H,6-12H2,1-5H3,(H,19,24)(H,22,23). The van der Waals surface area contributed by atoms with E-state index in [-0.39, 0.29) is 18.1 Å². The number of aliphatic carboxylic acids is 1. The van der Waals surface area contributed by atoms with Crippen molar-refractivity contribution in [2.75, 3.05) is 32.7 Å². The molecule has 2 amide bonds. The van der Waals surface area contributed by atoms with Crippen molar-refractivity contribution >= 4 is 12.0 Å². The van der Waals surface area contributed by atoms with E-state index in [9.17, 15) is 14.7 Å². The van der Waals surface area contributed by atoms with Gasteiger partial charge in [-0.05, 0) is 45.4 Å². The molecule has 2 rings (SSSR count). The largest absolute Gasteiger partial charge is 0.481 e. The van der Waals surface area contributed by atoms with Crippen LogP contribution in [0.25, 0.3) is 0 Å². The number of carbonyl (C=O) groups excluding carboxylic acids is 1. The Bertz CT molecular complexity index is 484. The lowest BCUT2D eigenvalue weighted by Crippen LogP contribution is -2.57. The molecule has 0 spiro atoms. The highest BCUT2D eigenvalue weighted by atomic mass is 16.4. The van der Waals surface area contributed by atoms with Gasteiger partial charge in [-0.3, -0.25) is 9.69 Å². The van der Waals surface area contributed by atoms with E-state index in [2.05, 4.69) is 37.9 Å². The Balaban J connectivity index is 1.88. The number of carboxylic acids is 1. The van der Waals surface area contributed by atoms with Gasteiger partial charge in [0.1, 0.15) is 0 Å². The van der Waals surface area contributed by atoms with E-state index < -0.39 is 11.4 Å². The minimum absolute atomic E-state index is 0.103. The van der Waals surface area contributed by atoms with Crippen molar-refractivity contribution in [2.45, 2.75) is 53.0 Å². The maximum Gasteiger partial charge on any atom is 0.317 e. The van der Waals surface area contributed by atoms with Crippen molar-refractivity contribution < 1.29 is 14.7 Å². The first-order valence-corrected chi connectivity index (χ1v) is 9.05. The van der Waals surface area contributed by atoms with Crippen molar-refractivity contribution in [1.29, 1.82) is 0 Å². The molecule has 6 heteroatoms. The predicted molar refractivity (Wildman–Crippen MR) is 93.9 cm³/mol. The molecule has 0 aromatic carbocycles. The second-order valence-electron chi connectivity index (χ2n) is 8.86. The molecule has 3 atom stereocenters. The van der Waals surface area contributed by atoms with Crippen LogP contribution in [0, 0.1) is 17.3 Å². The van der Waals surface area contributed by atoms with Crippen LogP contribution in [0.4, 0.5) is 4.79 Å². The quantitative estimate of drug-likeness (QED) is 0.824. The first-order chi connectivity index (χ1) is 11.0. The van der Waals surface area contributed by atoms with Crippen LogP contribution in [-0.2, 0) is 4.79 Å². The van der Waals surface area contributed by atoms with Crippen LogP contribution in [0.15, 0.2) is 0 Å². The summed E-state index contributed by atoms with van der Waals surface area (Å²) in [7, 11) is 0. The van der Waals surface area contributed by atoms with Crippen molar-refractivity contribution in [3.8, 4) is 0 Å². The van der Waals surface area contributed by atoms with Crippen LogP contribution in [0.1, 0.15) is 47.5 Å². The summed E-state index contributed by atoms with van der Waals surface area (Å²) in [6.45, 7) is 14.1.